The Morgan fingerprint density at radius 1 is 1.43 bits per heavy atom. The zero-order valence-corrected chi connectivity index (χ0v) is 14.5. The molecular formula is C14H24N2O3S2. The van der Waals surface area contributed by atoms with Crippen molar-refractivity contribution >= 4 is 21.4 Å². The lowest BCUT2D eigenvalue weighted by molar-refractivity contribution is 0.171. The van der Waals surface area contributed by atoms with Crippen LogP contribution in [0.4, 0.5) is 0 Å². The summed E-state index contributed by atoms with van der Waals surface area (Å²) in [5.74, 6) is 0. The predicted octanol–water partition coefficient (Wildman–Crippen LogP) is 2.05. The minimum atomic E-state index is -3.43. The fourth-order valence-electron chi connectivity index (χ4n) is 2.08. The van der Waals surface area contributed by atoms with Crippen molar-refractivity contribution in [3.05, 3.63) is 17.0 Å². The summed E-state index contributed by atoms with van der Waals surface area (Å²) in [5.41, 5.74) is 0. The van der Waals surface area contributed by atoms with Crippen LogP contribution in [0.3, 0.4) is 0 Å². The molecule has 1 saturated carbocycles. The highest BCUT2D eigenvalue weighted by molar-refractivity contribution is 7.91. The van der Waals surface area contributed by atoms with E-state index in [4.69, 9.17) is 4.74 Å². The van der Waals surface area contributed by atoms with Crippen LogP contribution in [0.2, 0.25) is 0 Å². The second-order valence-electron chi connectivity index (χ2n) is 5.58. The molecule has 0 atom stereocenters. The first-order valence-electron chi connectivity index (χ1n) is 7.28. The maximum Gasteiger partial charge on any atom is 0.252 e. The molecule has 0 spiro atoms. The number of rotatable bonds is 9. The molecule has 0 radical (unpaired) electrons. The molecule has 0 bridgehead atoms. The summed E-state index contributed by atoms with van der Waals surface area (Å²) in [5, 5.41) is 3.41. The molecule has 1 aliphatic carbocycles. The average Bonchev–Trinajstić information content (AvgIpc) is 3.12. The van der Waals surface area contributed by atoms with Gasteiger partial charge in [0.1, 0.15) is 4.21 Å². The quantitative estimate of drug-likeness (QED) is 0.752. The molecule has 1 aliphatic rings. The Hall–Kier alpha value is -0.470. The molecule has 1 aromatic heterocycles. The minimum absolute atomic E-state index is 0.0831. The third-order valence-electron chi connectivity index (χ3n) is 3.43. The highest BCUT2D eigenvalue weighted by Crippen LogP contribution is 2.27. The van der Waals surface area contributed by atoms with E-state index in [9.17, 15) is 8.42 Å². The fraction of sp³-hybridized carbons (Fsp3) is 0.714. The molecule has 21 heavy (non-hydrogen) atoms. The Balaban J connectivity index is 2.08. The number of hydrogen-bond donors (Lipinski definition) is 1. The molecule has 1 fully saturated rings. The SMILES string of the molecule is COCCN(C(C)C)S(=O)(=O)c1ccc(CNC2CC2)s1. The summed E-state index contributed by atoms with van der Waals surface area (Å²) in [6.45, 7) is 5.31. The van der Waals surface area contributed by atoms with Crippen molar-refractivity contribution in [2.24, 2.45) is 0 Å². The van der Waals surface area contributed by atoms with Crippen LogP contribution in [0.1, 0.15) is 31.6 Å². The minimum Gasteiger partial charge on any atom is -0.383 e. The number of hydrogen-bond acceptors (Lipinski definition) is 5. The lowest BCUT2D eigenvalue weighted by Gasteiger charge is -2.24. The van der Waals surface area contributed by atoms with Crippen LogP contribution >= 0.6 is 11.3 Å². The second kappa shape index (κ2) is 7.19. The topological polar surface area (TPSA) is 58.6 Å². The lowest BCUT2D eigenvalue weighted by Crippen LogP contribution is -2.38. The molecule has 0 aromatic carbocycles. The Labute approximate surface area is 131 Å². The van der Waals surface area contributed by atoms with Gasteiger partial charge < -0.3 is 10.1 Å². The van der Waals surface area contributed by atoms with Crippen molar-refractivity contribution in [1.82, 2.24) is 9.62 Å². The third-order valence-corrected chi connectivity index (χ3v) is 7.06. The van der Waals surface area contributed by atoms with Gasteiger partial charge in [0.2, 0.25) is 0 Å². The van der Waals surface area contributed by atoms with Crippen molar-refractivity contribution in [3.63, 3.8) is 0 Å². The van der Waals surface area contributed by atoms with Crippen LogP contribution in [0.25, 0.3) is 0 Å². The van der Waals surface area contributed by atoms with Crippen LogP contribution in [0.15, 0.2) is 16.3 Å². The van der Waals surface area contributed by atoms with E-state index in [2.05, 4.69) is 5.32 Å². The molecule has 120 valence electrons. The average molecular weight is 332 g/mol. The number of ether oxygens (including phenoxy) is 1. The molecule has 5 nitrogen and oxygen atoms in total. The summed E-state index contributed by atoms with van der Waals surface area (Å²) in [7, 11) is -1.85. The standard InChI is InChI=1S/C14H24N2O3S2/c1-11(2)16(8-9-19-3)21(17,18)14-7-6-13(20-14)10-15-12-4-5-12/h6-7,11-12,15H,4-5,8-10H2,1-3H3. The van der Waals surface area contributed by atoms with Gasteiger partial charge in [-0.05, 0) is 38.8 Å². The maximum absolute atomic E-state index is 12.7. The van der Waals surface area contributed by atoms with Crippen molar-refractivity contribution in [1.29, 1.82) is 0 Å². The molecule has 0 unspecified atom stereocenters. The van der Waals surface area contributed by atoms with Gasteiger partial charge in [-0.25, -0.2) is 8.42 Å². The van der Waals surface area contributed by atoms with Gasteiger partial charge in [-0.15, -0.1) is 11.3 Å². The van der Waals surface area contributed by atoms with Gasteiger partial charge in [0, 0.05) is 37.2 Å². The van der Waals surface area contributed by atoms with Gasteiger partial charge in [0.05, 0.1) is 6.61 Å². The number of thiophene rings is 1. The number of nitrogens with zero attached hydrogens (tertiary/aromatic N) is 1. The molecule has 1 heterocycles. The molecule has 1 aromatic rings. The fourth-order valence-corrected chi connectivity index (χ4v) is 5.13. The van der Waals surface area contributed by atoms with E-state index < -0.39 is 10.0 Å². The summed E-state index contributed by atoms with van der Waals surface area (Å²) in [4.78, 5) is 1.07. The van der Waals surface area contributed by atoms with E-state index in [1.807, 2.05) is 19.9 Å². The summed E-state index contributed by atoms with van der Waals surface area (Å²) in [6.07, 6.45) is 2.46. The van der Waals surface area contributed by atoms with Gasteiger partial charge >= 0.3 is 0 Å². The lowest BCUT2D eigenvalue weighted by atomic mass is 10.4. The van der Waals surface area contributed by atoms with Crippen LogP contribution in [-0.2, 0) is 21.3 Å². The Bertz CT molecular complexity index is 550. The normalized spacial score (nSPS) is 16.0. The summed E-state index contributed by atoms with van der Waals surface area (Å²) >= 11 is 1.36. The van der Waals surface area contributed by atoms with Crippen LogP contribution < -0.4 is 5.32 Å². The highest BCUT2D eigenvalue weighted by atomic mass is 32.2. The van der Waals surface area contributed by atoms with Gasteiger partial charge in [0.15, 0.2) is 0 Å². The predicted molar refractivity (Wildman–Crippen MR) is 85.1 cm³/mol. The number of methoxy groups -OCH3 is 1. The van der Waals surface area contributed by atoms with Gasteiger partial charge in [-0.3, -0.25) is 0 Å². The molecule has 0 aliphatic heterocycles. The first-order chi connectivity index (χ1) is 9.95. The van der Waals surface area contributed by atoms with E-state index in [0.29, 0.717) is 23.4 Å². The van der Waals surface area contributed by atoms with Crippen LogP contribution in [0.5, 0.6) is 0 Å². The Kier molecular flexibility index (Phi) is 5.79. The molecular weight excluding hydrogens is 308 g/mol. The van der Waals surface area contributed by atoms with Crippen molar-refractivity contribution in [2.75, 3.05) is 20.3 Å². The smallest absolute Gasteiger partial charge is 0.252 e. The highest BCUT2D eigenvalue weighted by Gasteiger charge is 2.28. The Morgan fingerprint density at radius 2 is 2.14 bits per heavy atom. The molecule has 1 N–H and O–H groups in total. The first kappa shape index (κ1) is 16.9. The largest absolute Gasteiger partial charge is 0.383 e. The van der Waals surface area contributed by atoms with E-state index in [-0.39, 0.29) is 6.04 Å². The number of sulfonamides is 1. The van der Waals surface area contributed by atoms with Crippen molar-refractivity contribution in [2.45, 2.75) is 49.5 Å². The molecule has 0 amide bonds. The zero-order chi connectivity index (χ0) is 15.5. The number of nitrogens with one attached hydrogen (secondary N) is 1. The first-order valence-corrected chi connectivity index (χ1v) is 9.53. The molecule has 7 heteroatoms. The molecule has 2 rings (SSSR count). The van der Waals surface area contributed by atoms with Gasteiger partial charge in [0.25, 0.3) is 10.0 Å². The second-order valence-corrected chi connectivity index (χ2v) is 8.86. The third kappa shape index (κ3) is 4.50. The van der Waals surface area contributed by atoms with E-state index in [1.54, 1.807) is 13.2 Å². The van der Waals surface area contributed by atoms with Crippen LogP contribution in [0, 0.1) is 0 Å². The zero-order valence-electron chi connectivity index (χ0n) is 12.8. The maximum atomic E-state index is 12.7. The van der Waals surface area contributed by atoms with Crippen molar-refractivity contribution in [3.8, 4) is 0 Å². The van der Waals surface area contributed by atoms with E-state index >= 15 is 0 Å². The monoisotopic (exact) mass is 332 g/mol. The van der Waals surface area contributed by atoms with Gasteiger partial charge in [-0.2, -0.15) is 4.31 Å². The summed E-state index contributed by atoms with van der Waals surface area (Å²) < 4.78 is 32.3. The molecule has 0 saturated heterocycles. The van der Waals surface area contributed by atoms with Gasteiger partial charge in [-0.1, -0.05) is 0 Å². The van der Waals surface area contributed by atoms with E-state index in [1.165, 1.54) is 28.5 Å². The Morgan fingerprint density at radius 3 is 2.71 bits per heavy atom. The van der Waals surface area contributed by atoms with Crippen LogP contribution in [-0.4, -0.2) is 45.1 Å². The van der Waals surface area contributed by atoms with E-state index in [0.717, 1.165) is 11.4 Å². The van der Waals surface area contributed by atoms with Crippen molar-refractivity contribution < 1.29 is 13.2 Å². The summed E-state index contributed by atoms with van der Waals surface area (Å²) in [6, 6.07) is 4.16.